The lowest BCUT2D eigenvalue weighted by Gasteiger charge is -2.07. The van der Waals surface area contributed by atoms with Crippen LogP contribution in [0.1, 0.15) is 39.5 Å². The Morgan fingerprint density at radius 2 is 1.45 bits per heavy atom. The molecular formula is C8H15F3. The van der Waals surface area contributed by atoms with E-state index in [0.717, 1.165) is 0 Å². The Labute approximate surface area is 65.8 Å². The molecule has 3 heteroatoms. The largest absolute Gasteiger partial charge is 0.389 e. The van der Waals surface area contributed by atoms with Crippen LogP contribution in [0.25, 0.3) is 0 Å². The van der Waals surface area contributed by atoms with Gasteiger partial charge in [-0.2, -0.15) is 13.2 Å². The SMILES string of the molecule is C1CC1.CC(C)CC(F)(F)F. The fourth-order valence-corrected chi connectivity index (χ4v) is 0.463. The summed E-state index contributed by atoms with van der Waals surface area (Å²) in [6, 6.07) is 0. The van der Waals surface area contributed by atoms with E-state index >= 15 is 0 Å². The topological polar surface area (TPSA) is 0 Å². The molecule has 0 radical (unpaired) electrons. The molecule has 0 saturated heterocycles. The lowest BCUT2D eigenvalue weighted by molar-refractivity contribution is -0.141. The quantitative estimate of drug-likeness (QED) is 0.559. The minimum atomic E-state index is -3.98. The lowest BCUT2D eigenvalue weighted by Crippen LogP contribution is -2.10. The van der Waals surface area contributed by atoms with Crippen LogP contribution in [0.5, 0.6) is 0 Å². The lowest BCUT2D eigenvalue weighted by atomic mass is 10.1. The zero-order chi connectivity index (χ0) is 8.91. The first-order valence-corrected chi connectivity index (χ1v) is 3.98. The van der Waals surface area contributed by atoms with Gasteiger partial charge >= 0.3 is 6.18 Å². The Morgan fingerprint density at radius 3 is 1.45 bits per heavy atom. The standard InChI is InChI=1S/C5H9F3.C3H6/c1-4(2)3-5(6,7)8;1-2-3-1/h4H,3H2,1-2H3;1-3H2. The maximum Gasteiger partial charge on any atom is 0.389 e. The minimum Gasteiger partial charge on any atom is -0.171 e. The average Bonchev–Trinajstić information content (AvgIpc) is 2.33. The molecule has 1 saturated carbocycles. The van der Waals surface area contributed by atoms with Crippen LogP contribution in [0.4, 0.5) is 13.2 Å². The van der Waals surface area contributed by atoms with Crippen molar-refractivity contribution in [3.05, 3.63) is 0 Å². The summed E-state index contributed by atoms with van der Waals surface area (Å²) in [4.78, 5) is 0. The van der Waals surface area contributed by atoms with Crippen LogP contribution in [0.15, 0.2) is 0 Å². The molecule has 0 aromatic heterocycles. The molecule has 1 fully saturated rings. The van der Waals surface area contributed by atoms with Gasteiger partial charge in [0.15, 0.2) is 0 Å². The first kappa shape index (κ1) is 10.8. The van der Waals surface area contributed by atoms with Crippen LogP contribution in [-0.2, 0) is 0 Å². The van der Waals surface area contributed by atoms with Crippen molar-refractivity contribution < 1.29 is 13.2 Å². The Balaban J connectivity index is 0.000000271. The Morgan fingerprint density at radius 1 is 1.09 bits per heavy atom. The molecule has 1 rings (SSSR count). The van der Waals surface area contributed by atoms with Gasteiger partial charge in [-0.05, 0) is 5.92 Å². The van der Waals surface area contributed by atoms with E-state index in [1.165, 1.54) is 19.3 Å². The van der Waals surface area contributed by atoms with Crippen LogP contribution in [0.3, 0.4) is 0 Å². The molecule has 1 aliphatic rings. The minimum absolute atomic E-state index is 0.282. The van der Waals surface area contributed by atoms with E-state index in [1.54, 1.807) is 13.8 Å². The van der Waals surface area contributed by atoms with Gasteiger partial charge in [0, 0.05) is 6.42 Å². The molecule has 0 nitrogen and oxygen atoms in total. The molecule has 11 heavy (non-hydrogen) atoms. The van der Waals surface area contributed by atoms with Gasteiger partial charge in [0.2, 0.25) is 0 Å². The van der Waals surface area contributed by atoms with Gasteiger partial charge in [-0.3, -0.25) is 0 Å². The normalized spacial score (nSPS) is 15.8. The molecule has 0 aromatic rings. The van der Waals surface area contributed by atoms with Crippen LogP contribution >= 0.6 is 0 Å². The third-order valence-electron chi connectivity index (χ3n) is 0.993. The summed E-state index contributed by atoms with van der Waals surface area (Å²) in [5.74, 6) is -0.282. The first-order valence-electron chi connectivity index (χ1n) is 3.98. The number of rotatable bonds is 1. The van der Waals surface area contributed by atoms with E-state index in [2.05, 4.69) is 0 Å². The molecule has 0 atom stereocenters. The van der Waals surface area contributed by atoms with Crippen LogP contribution in [-0.4, -0.2) is 6.18 Å². The number of hydrogen-bond donors (Lipinski definition) is 0. The van der Waals surface area contributed by atoms with Gasteiger partial charge in [0.25, 0.3) is 0 Å². The molecule has 68 valence electrons. The maximum atomic E-state index is 11.3. The molecule has 1 aliphatic carbocycles. The summed E-state index contributed by atoms with van der Waals surface area (Å²) in [7, 11) is 0. The van der Waals surface area contributed by atoms with E-state index in [9.17, 15) is 13.2 Å². The van der Waals surface area contributed by atoms with Gasteiger partial charge in [0.05, 0.1) is 0 Å². The summed E-state index contributed by atoms with van der Waals surface area (Å²) in [5, 5.41) is 0. The van der Waals surface area contributed by atoms with Crippen molar-refractivity contribution in [2.24, 2.45) is 5.92 Å². The number of halogens is 3. The van der Waals surface area contributed by atoms with E-state index in [4.69, 9.17) is 0 Å². The third-order valence-corrected chi connectivity index (χ3v) is 0.993. The van der Waals surface area contributed by atoms with Gasteiger partial charge in [-0.25, -0.2) is 0 Å². The highest BCUT2D eigenvalue weighted by molar-refractivity contribution is 4.52. The summed E-state index contributed by atoms with van der Waals surface area (Å²) in [6.45, 7) is 3.10. The molecule has 0 aliphatic heterocycles. The molecule has 0 unspecified atom stereocenters. The highest BCUT2D eigenvalue weighted by Gasteiger charge is 2.27. The van der Waals surface area contributed by atoms with E-state index in [-0.39, 0.29) is 5.92 Å². The van der Waals surface area contributed by atoms with Gasteiger partial charge in [-0.15, -0.1) is 0 Å². The predicted molar refractivity (Wildman–Crippen MR) is 39.4 cm³/mol. The molecule has 0 heterocycles. The predicted octanol–water partition coefficient (Wildman–Crippen LogP) is 3.77. The van der Waals surface area contributed by atoms with Crippen molar-refractivity contribution in [3.8, 4) is 0 Å². The van der Waals surface area contributed by atoms with Gasteiger partial charge in [0.1, 0.15) is 0 Å². The summed E-state index contributed by atoms with van der Waals surface area (Å²) < 4.78 is 33.9. The van der Waals surface area contributed by atoms with Crippen molar-refractivity contribution >= 4 is 0 Å². The van der Waals surface area contributed by atoms with Crippen molar-refractivity contribution in [1.82, 2.24) is 0 Å². The number of alkyl halides is 3. The van der Waals surface area contributed by atoms with Gasteiger partial charge in [-0.1, -0.05) is 33.1 Å². The molecule has 0 bridgehead atoms. The van der Waals surface area contributed by atoms with Crippen molar-refractivity contribution in [2.75, 3.05) is 0 Å². The second kappa shape index (κ2) is 4.62. The Bertz CT molecular complexity index is 89.2. The smallest absolute Gasteiger partial charge is 0.171 e. The molecule has 0 N–H and O–H groups in total. The third kappa shape index (κ3) is 17.7. The molecular weight excluding hydrogens is 153 g/mol. The molecule has 0 spiro atoms. The fourth-order valence-electron chi connectivity index (χ4n) is 0.463. The first-order chi connectivity index (χ1) is 4.92. The summed E-state index contributed by atoms with van der Waals surface area (Å²) in [5.41, 5.74) is 0. The zero-order valence-corrected chi connectivity index (χ0v) is 7.04. The second-order valence-corrected chi connectivity index (χ2v) is 3.27. The Hall–Kier alpha value is -0.210. The van der Waals surface area contributed by atoms with Crippen LogP contribution < -0.4 is 0 Å². The van der Waals surface area contributed by atoms with Crippen LogP contribution in [0.2, 0.25) is 0 Å². The summed E-state index contributed by atoms with van der Waals surface area (Å²) in [6.07, 6.45) is -0.152. The van der Waals surface area contributed by atoms with Gasteiger partial charge < -0.3 is 0 Å². The molecule has 0 aromatic carbocycles. The maximum absolute atomic E-state index is 11.3. The highest BCUT2D eigenvalue weighted by atomic mass is 19.4. The van der Waals surface area contributed by atoms with E-state index in [1.807, 2.05) is 0 Å². The number of hydrogen-bond acceptors (Lipinski definition) is 0. The summed E-state index contributed by atoms with van der Waals surface area (Å²) >= 11 is 0. The van der Waals surface area contributed by atoms with Crippen molar-refractivity contribution in [2.45, 2.75) is 45.7 Å². The monoisotopic (exact) mass is 168 g/mol. The van der Waals surface area contributed by atoms with Crippen molar-refractivity contribution in [3.63, 3.8) is 0 Å². The Kier molecular flexibility index (Phi) is 4.54. The average molecular weight is 168 g/mol. The second-order valence-electron chi connectivity index (χ2n) is 3.27. The fraction of sp³-hybridized carbons (Fsp3) is 1.00. The highest BCUT2D eigenvalue weighted by Crippen LogP contribution is 2.23. The van der Waals surface area contributed by atoms with E-state index in [0.29, 0.717) is 0 Å². The molecule has 0 amide bonds. The van der Waals surface area contributed by atoms with E-state index < -0.39 is 12.6 Å². The van der Waals surface area contributed by atoms with Crippen LogP contribution in [0, 0.1) is 5.92 Å². The van der Waals surface area contributed by atoms with Crippen molar-refractivity contribution in [1.29, 1.82) is 0 Å². The zero-order valence-electron chi connectivity index (χ0n) is 7.04.